The molecule has 0 aromatic heterocycles. The molecule has 0 atom stereocenters. The van der Waals surface area contributed by atoms with E-state index in [1.807, 2.05) is 24.3 Å². The van der Waals surface area contributed by atoms with E-state index in [2.05, 4.69) is 43.8 Å². The van der Waals surface area contributed by atoms with Crippen molar-refractivity contribution in [1.82, 2.24) is 5.32 Å². The Morgan fingerprint density at radius 2 is 1.67 bits per heavy atom. The first-order chi connectivity index (χ1) is 17.3. The third-order valence-corrected chi connectivity index (χ3v) is 6.61. The number of methoxy groups -OCH3 is 2. The van der Waals surface area contributed by atoms with Crippen LogP contribution in [0.1, 0.15) is 11.1 Å². The van der Waals surface area contributed by atoms with Gasteiger partial charge in [-0.15, -0.1) is 0 Å². The molecule has 0 bridgehead atoms. The second-order valence-electron chi connectivity index (χ2n) is 7.61. The summed E-state index contributed by atoms with van der Waals surface area (Å²) in [6.07, 6.45) is 1.41. The van der Waals surface area contributed by atoms with Crippen molar-refractivity contribution in [3.05, 3.63) is 85.4 Å². The molecular formula is C26H20BrIN2O6. The van der Waals surface area contributed by atoms with E-state index in [-0.39, 0.29) is 5.57 Å². The number of carbonyl (C=O) groups excluding carboxylic acids is 3. The average molecular weight is 663 g/mol. The number of rotatable bonds is 7. The van der Waals surface area contributed by atoms with Gasteiger partial charge >= 0.3 is 6.03 Å². The zero-order valence-electron chi connectivity index (χ0n) is 19.2. The minimum absolute atomic E-state index is 0.187. The second-order valence-corrected chi connectivity index (χ2v) is 9.68. The Balaban J connectivity index is 1.56. The van der Waals surface area contributed by atoms with Crippen LogP contribution in [-0.2, 0) is 16.2 Å². The third-order valence-electron chi connectivity index (χ3n) is 5.28. The fourth-order valence-corrected chi connectivity index (χ4v) is 4.63. The Bertz CT molecular complexity index is 1360. The van der Waals surface area contributed by atoms with Gasteiger partial charge in [0, 0.05) is 4.47 Å². The van der Waals surface area contributed by atoms with E-state index < -0.39 is 17.8 Å². The van der Waals surface area contributed by atoms with Crippen LogP contribution in [0.2, 0.25) is 0 Å². The van der Waals surface area contributed by atoms with Gasteiger partial charge in [0.2, 0.25) is 0 Å². The summed E-state index contributed by atoms with van der Waals surface area (Å²) in [6, 6.07) is 16.8. The number of benzene rings is 3. The normalized spacial score (nSPS) is 14.6. The van der Waals surface area contributed by atoms with Gasteiger partial charge in [-0.05, 0) is 88.3 Å². The monoisotopic (exact) mass is 662 g/mol. The number of imide groups is 2. The number of hydrogen-bond donors (Lipinski definition) is 1. The van der Waals surface area contributed by atoms with Gasteiger partial charge < -0.3 is 14.2 Å². The Hall–Kier alpha value is -3.38. The number of nitrogens with zero attached hydrogens (tertiary/aromatic N) is 1. The highest BCUT2D eigenvalue weighted by molar-refractivity contribution is 14.1. The molecule has 1 aliphatic rings. The van der Waals surface area contributed by atoms with Gasteiger partial charge in [-0.25, -0.2) is 9.69 Å². The lowest BCUT2D eigenvalue weighted by atomic mass is 10.1. The summed E-state index contributed by atoms with van der Waals surface area (Å²) in [7, 11) is 3.02. The molecule has 1 fully saturated rings. The van der Waals surface area contributed by atoms with Crippen molar-refractivity contribution in [3.63, 3.8) is 0 Å². The van der Waals surface area contributed by atoms with Gasteiger partial charge in [0.05, 0.1) is 23.5 Å². The zero-order chi connectivity index (χ0) is 25.8. The fraction of sp³-hybridized carbons (Fsp3) is 0.115. The molecule has 4 amide bonds. The highest BCUT2D eigenvalue weighted by Gasteiger charge is 2.36. The Kier molecular flexibility index (Phi) is 7.94. The molecule has 0 radical (unpaired) electrons. The van der Waals surface area contributed by atoms with E-state index in [1.165, 1.54) is 20.3 Å². The number of nitrogens with one attached hydrogen (secondary N) is 1. The number of barbiturate groups is 1. The minimum Gasteiger partial charge on any atom is -0.493 e. The number of ether oxygens (including phenoxy) is 3. The molecule has 8 nitrogen and oxygen atoms in total. The lowest BCUT2D eigenvalue weighted by molar-refractivity contribution is -0.122. The SMILES string of the molecule is COc1cc(/C=C2\C(=O)NC(=O)N(c3ccc(OCc4ccc(Br)cc4)cc3)C2=O)cc(I)c1OC. The van der Waals surface area contributed by atoms with Crippen molar-refractivity contribution < 1.29 is 28.6 Å². The second kappa shape index (κ2) is 11.1. The molecule has 0 unspecified atom stereocenters. The molecule has 1 saturated heterocycles. The summed E-state index contributed by atoms with van der Waals surface area (Å²) in [5.41, 5.74) is 1.65. The van der Waals surface area contributed by atoms with Gasteiger partial charge in [0.15, 0.2) is 11.5 Å². The Morgan fingerprint density at radius 3 is 2.31 bits per heavy atom. The van der Waals surface area contributed by atoms with E-state index in [9.17, 15) is 14.4 Å². The number of urea groups is 1. The molecule has 3 aromatic carbocycles. The highest BCUT2D eigenvalue weighted by atomic mass is 127. The van der Waals surface area contributed by atoms with Crippen LogP contribution >= 0.6 is 38.5 Å². The summed E-state index contributed by atoms with van der Waals surface area (Å²) < 4.78 is 18.2. The average Bonchev–Trinajstić information content (AvgIpc) is 2.86. The summed E-state index contributed by atoms with van der Waals surface area (Å²) >= 11 is 5.47. The van der Waals surface area contributed by atoms with E-state index in [0.717, 1.165) is 18.5 Å². The number of anilines is 1. The molecule has 4 rings (SSSR count). The summed E-state index contributed by atoms with van der Waals surface area (Å²) in [6.45, 7) is 0.362. The van der Waals surface area contributed by atoms with Crippen LogP contribution in [0.5, 0.6) is 17.2 Å². The standard InChI is InChI=1S/C26H20BrIN2O6/c1-34-22-13-16(12-21(28)23(22)35-2)11-20-24(31)29-26(33)30(25(20)32)18-7-9-19(10-8-18)36-14-15-3-5-17(27)6-4-15/h3-13H,14H2,1-2H3,(H,29,31,33)/b20-11+. The van der Waals surface area contributed by atoms with Crippen LogP contribution in [0.25, 0.3) is 6.08 Å². The van der Waals surface area contributed by atoms with Crippen LogP contribution in [0, 0.1) is 3.57 Å². The van der Waals surface area contributed by atoms with Crippen molar-refractivity contribution in [1.29, 1.82) is 0 Å². The molecule has 10 heteroatoms. The van der Waals surface area contributed by atoms with E-state index in [1.54, 1.807) is 36.4 Å². The van der Waals surface area contributed by atoms with Gasteiger partial charge in [-0.1, -0.05) is 28.1 Å². The van der Waals surface area contributed by atoms with Crippen molar-refractivity contribution >= 4 is 68.1 Å². The molecule has 1 N–H and O–H groups in total. The quantitative estimate of drug-likeness (QED) is 0.209. The van der Waals surface area contributed by atoms with E-state index in [0.29, 0.717) is 35.1 Å². The predicted octanol–water partition coefficient (Wildman–Crippen LogP) is 5.32. The number of halogens is 2. The van der Waals surface area contributed by atoms with Crippen LogP contribution < -0.4 is 24.4 Å². The summed E-state index contributed by atoms with van der Waals surface area (Å²) in [5.74, 6) is 0.0429. The Labute approximate surface area is 229 Å². The largest absolute Gasteiger partial charge is 0.493 e. The molecule has 0 spiro atoms. The Morgan fingerprint density at radius 1 is 0.972 bits per heavy atom. The molecule has 0 saturated carbocycles. The van der Waals surface area contributed by atoms with E-state index in [4.69, 9.17) is 14.2 Å². The first-order valence-corrected chi connectivity index (χ1v) is 12.5. The highest BCUT2D eigenvalue weighted by Crippen LogP contribution is 2.34. The van der Waals surface area contributed by atoms with Gasteiger partial charge in [-0.2, -0.15) is 0 Å². The first-order valence-electron chi connectivity index (χ1n) is 10.6. The lowest BCUT2D eigenvalue weighted by Crippen LogP contribution is -2.54. The molecule has 184 valence electrons. The molecule has 1 heterocycles. The zero-order valence-corrected chi connectivity index (χ0v) is 23.0. The van der Waals surface area contributed by atoms with Crippen LogP contribution in [0.4, 0.5) is 10.5 Å². The van der Waals surface area contributed by atoms with Gasteiger partial charge in [0.1, 0.15) is 17.9 Å². The van der Waals surface area contributed by atoms with Crippen molar-refractivity contribution in [2.45, 2.75) is 6.61 Å². The first kappa shape index (κ1) is 25.7. The maximum absolute atomic E-state index is 13.2. The molecular weight excluding hydrogens is 643 g/mol. The van der Waals surface area contributed by atoms with Crippen molar-refractivity contribution in [2.24, 2.45) is 0 Å². The molecule has 1 aliphatic heterocycles. The van der Waals surface area contributed by atoms with Crippen molar-refractivity contribution in [2.75, 3.05) is 19.1 Å². The van der Waals surface area contributed by atoms with Crippen molar-refractivity contribution in [3.8, 4) is 17.2 Å². The fourth-order valence-electron chi connectivity index (χ4n) is 3.52. The summed E-state index contributed by atoms with van der Waals surface area (Å²) in [5, 5.41) is 2.23. The van der Waals surface area contributed by atoms with Crippen LogP contribution in [0.15, 0.2) is 70.7 Å². The van der Waals surface area contributed by atoms with Gasteiger partial charge in [0.25, 0.3) is 11.8 Å². The lowest BCUT2D eigenvalue weighted by Gasteiger charge is -2.26. The van der Waals surface area contributed by atoms with Crippen LogP contribution in [0.3, 0.4) is 0 Å². The summed E-state index contributed by atoms with van der Waals surface area (Å²) in [4.78, 5) is 39.2. The number of carbonyl (C=O) groups is 3. The maximum atomic E-state index is 13.2. The molecule has 0 aliphatic carbocycles. The smallest absolute Gasteiger partial charge is 0.335 e. The molecule has 36 heavy (non-hydrogen) atoms. The number of hydrogen-bond acceptors (Lipinski definition) is 6. The topological polar surface area (TPSA) is 94.2 Å². The minimum atomic E-state index is -0.826. The predicted molar refractivity (Wildman–Crippen MR) is 146 cm³/mol. The third kappa shape index (κ3) is 5.54. The molecule has 3 aromatic rings. The van der Waals surface area contributed by atoms with Gasteiger partial charge in [-0.3, -0.25) is 14.9 Å². The van der Waals surface area contributed by atoms with E-state index >= 15 is 0 Å². The maximum Gasteiger partial charge on any atom is 0.335 e. The number of amides is 4. The van der Waals surface area contributed by atoms with Crippen LogP contribution in [-0.4, -0.2) is 32.1 Å².